The van der Waals surface area contributed by atoms with Gasteiger partial charge in [0.05, 0.1) is 6.10 Å². The molecule has 3 heteroatoms. The first-order valence-corrected chi connectivity index (χ1v) is 5.44. The van der Waals surface area contributed by atoms with Gasteiger partial charge in [0.25, 0.3) is 0 Å². The van der Waals surface area contributed by atoms with Gasteiger partial charge in [0.1, 0.15) is 11.9 Å². The van der Waals surface area contributed by atoms with Crippen molar-refractivity contribution in [1.29, 1.82) is 0 Å². The van der Waals surface area contributed by atoms with Crippen molar-refractivity contribution < 1.29 is 14.2 Å². The first kappa shape index (κ1) is 13.1. The number of aliphatic hydroxyl groups excluding tert-OH is 1. The normalized spacial score (nSPS) is 15.2. The average Bonchev–Trinajstić information content (AvgIpc) is 2.22. The Bertz CT molecular complexity index is 350. The van der Waals surface area contributed by atoms with Crippen LogP contribution in [0.1, 0.15) is 31.1 Å². The lowest BCUT2D eigenvalue weighted by Crippen LogP contribution is -2.27. The molecule has 0 fully saturated rings. The lowest BCUT2D eigenvalue weighted by atomic mass is 9.93. The zero-order valence-electron chi connectivity index (χ0n) is 10.2. The molecule has 90 valence electrons. The lowest BCUT2D eigenvalue weighted by Gasteiger charge is -2.26. The SMILES string of the molecule is COC(C(C)C)C(O)c1cc(F)ccc1C. The highest BCUT2D eigenvalue weighted by Gasteiger charge is 2.25. The Morgan fingerprint density at radius 3 is 2.44 bits per heavy atom. The van der Waals surface area contributed by atoms with Gasteiger partial charge in [0.15, 0.2) is 0 Å². The number of rotatable bonds is 4. The quantitative estimate of drug-likeness (QED) is 0.855. The monoisotopic (exact) mass is 226 g/mol. The predicted molar refractivity (Wildman–Crippen MR) is 61.7 cm³/mol. The van der Waals surface area contributed by atoms with Crippen LogP contribution >= 0.6 is 0 Å². The van der Waals surface area contributed by atoms with E-state index in [9.17, 15) is 9.50 Å². The highest BCUT2D eigenvalue weighted by Crippen LogP contribution is 2.27. The maximum absolute atomic E-state index is 13.1. The molecule has 1 rings (SSSR count). The van der Waals surface area contributed by atoms with E-state index >= 15 is 0 Å². The standard InChI is InChI=1S/C13H19FO2/c1-8(2)13(16-4)12(15)11-7-10(14)6-5-9(11)3/h5-8,12-13,15H,1-4H3. The fourth-order valence-corrected chi connectivity index (χ4v) is 1.87. The molecule has 0 heterocycles. The van der Waals surface area contributed by atoms with Gasteiger partial charge in [-0.15, -0.1) is 0 Å². The minimum Gasteiger partial charge on any atom is -0.386 e. The highest BCUT2D eigenvalue weighted by molar-refractivity contribution is 5.29. The fourth-order valence-electron chi connectivity index (χ4n) is 1.87. The van der Waals surface area contributed by atoms with E-state index in [2.05, 4.69) is 0 Å². The summed E-state index contributed by atoms with van der Waals surface area (Å²) in [4.78, 5) is 0. The number of halogens is 1. The van der Waals surface area contributed by atoms with Crippen molar-refractivity contribution in [3.8, 4) is 0 Å². The number of ether oxygens (including phenoxy) is 1. The van der Waals surface area contributed by atoms with Crippen molar-refractivity contribution >= 4 is 0 Å². The summed E-state index contributed by atoms with van der Waals surface area (Å²) in [6.07, 6.45) is -1.11. The number of hydrogen-bond acceptors (Lipinski definition) is 2. The largest absolute Gasteiger partial charge is 0.386 e. The second kappa shape index (κ2) is 5.41. The van der Waals surface area contributed by atoms with Crippen LogP contribution in [-0.2, 0) is 4.74 Å². The van der Waals surface area contributed by atoms with Crippen LogP contribution in [-0.4, -0.2) is 18.3 Å². The van der Waals surface area contributed by atoms with E-state index in [1.165, 1.54) is 12.1 Å². The first-order valence-electron chi connectivity index (χ1n) is 5.44. The Morgan fingerprint density at radius 2 is 1.94 bits per heavy atom. The van der Waals surface area contributed by atoms with Crippen molar-refractivity contribution in [2.45, 2.75) is 33.0 Å². The van der Waals surface area contributed by atoms with E-state index in [4.69, 9.17) is 4.74 Å². The summed E-state index contributed by atoms with van der Waals surface area (Å²) in [6, 6.07) is 4.43. The van der Waals surface area contributed by atoms with Crippen LogP contribution in [0.5, 0.6) is 0 Å². The first-order chi connectivity index (χ1) is 7.47. The molecule has 0 saturated heterocycles. The predicted octanol–water partition coefficient (Wildman–Crippen LogP) is 2.84. The van der Waals surface area contributed by atoms with Crippen LogP contribution < -0.4 is 0 Å². The molecule has 0 aliphatic rings. The molecule has 0 saturated carbocycles. The Morgan fingerprint density at radius 1 is 1.31 bits per heavy atom. The molecule has 2 unspecified atom stereocenters. The van der Waals surface area contributed by atoms with Gasteiger partial charge in [-0.2, -0.15) is 0 Å². The summed E-state index contributed by atoms with van der Waals surface area (Å²) in [6.45, 7) is 5.78. The van der Waals surface area contributed by atoms with E-state index < -0.39 is 6.10 Å². The number of methoxy groups -OCH3 is 1. The molecule has 0 aromatic heterocycles. The number of aryl methyl sites for hydroxylation is 1. The van der Waals surface area contributed by atoms with Gasteiger partial charge in [0, 0.05) is 7.11 Å². The molecule has 16 heavy (non-hydrogen) atoms. The van der Waals surface area contributed by atoms with Crippen molar-refractivity contribution in [2.75, 3.05) is 7.11 Å². The summed E-state index contributed by atoms with van der Waals surface area (Å²) in [5.41, 5.74) is 1.47. The Hall–Kier alpha value is -0.930. The van der Waals surface area contributed by atoms with Gasteiger partial charge in [-0.05, 0) is 36.1 Å². The van der Waals surface area contributed by atoms with Gasteiger partial charge >= 0.3 is 0 Å². The van der Waals surface area contributed by atoms with Crippen molar-refractivity contribution in [1.82, 2.24) is 0 Å². The number of hydrogen-bond donors (Lipinski definition) is 1. The van der Waals surface area contributed by atoms with Crippen molar-refractivity contribution in [3.63, 3.8) is 0 Å². The molecule has 0 bridgehead atoms. The van der Waals surface area contributed by atoms with E-state index in [1.54, 1.807) is 13.2 Å². The van der Waals surface area contributed by atoms with Crippen molar-refractivity contribution in [3.05, 3.63) is 35.1 Å². The van der Waals surface area contributed by atoms with Crippen LogP contribution in [0.15, 0.2) is 18.2 Å². The van der Waals surface area contributed by atoms with Crippen LogP contribution in [0.3, 0.4) is 0 Å². The molecule has 0 spiro atoms. The lowest BCUT2D eigenvalue weighted by molar-refractivity contribution is -0.0394. The molecular weight excluding hydrogens is 207 g/mol. The Labute approximate surface area is 96.1 Å². The molecule has 2 nitrogen and oxygen atoms in total. The molecule has 0 radical (unpaired) electrons. The smallest absolute Gasteiger partial charge is 0.123 e. The Kier molecular flexibility index (Phi) is 4.44. The fraction of sp³-hybridized carbons (Fsp3) is 0.538. The number of aliphatic hydroxyl groups is 1. The molecule has 0 aliphatic carbocycles. The van der Waals surface area contributed by atoms with Crippen molar-refractivity contribution in [2.24, 2.45) is 5.92 Å². The highest BCUT2D eigenvalue weighted by atomic mass is 19.1. The van der Waals surface area contributed by atoms with Crippen LogP contribution in [0, 0.1) is 18.7 Å². The minimum atomic E-state index is -0.791. The second-order valence-electron chi connectivity index (χ2n) is 4.39. The molecule has 1 aromatic rings. The third-order valence-electron chi connectivity index (χ3n) is 2.80. The molecule has 1 N–H and O–H groups in total. The molecular formula is C13H19FO2. The molecule has 2 atom stereocenters. The van der Waals surface area contributed by atoms with E-state index in [1.807, 2.05) is 20.8 Å². The van der Waals surface area contributed by atoms with Crippen LogP contribution in [0.2, 0.25) is 0 Å². The number of benzene rings is 1. The topological polar surface area (TPSA) is 29.5 Å². The van der Waals surface area contributed by atoms with Crippen LogP contribution in [0.4, 0.5) is 4.39 Å². The van der Waals surface area contributed by atoms with E-state index in [0.29, 0.717) is 5.56 Å². The molecule has 0 amide bonds. The second-order valence-corrected chi connectivity index (χ2v) is 4.39. The van der Waals surface area contributed by atoms with Gasteiger partial charge < -0.3 is 9.84 Å². The average molecular weight is 226 g/mol. The van der Waals surface area contributed by atoms with Gasteiger partial charge in [-0.1, -0.05) is 19.9 Å². The van der Waals surface area contributed by atoms with Gasteiger partial charge in [-0.25, -0.2) is 4.39 Å². The zero-order chi connectivity index (χ0) is 12.3. The minimum absolute atomic E-state index is 0.169. The molecule has 0 aliphatic heterocycles. The van der Waals surface area contributed by atoms with E-state index in [-0.39, 0.29) is 17.8 Å². The summed E-state index contributed by atoms with van der Waals surface area (Å²) in [7, 11) is 1.56. The van der Waals surface area contributed by atoms with E-state index in [0.717, 1.165) is 5.56 Å². The zero-order valence-corrected chi connectivity index (χ0v) is 10.2. The van der Waals surface area contributed by atoms with Crippen LogP contribution in [0.25, 0.3) is 0 Å². The summed E-state index contributed by atoms with van der Waals surface area (Å²) < 4.78 is 18.4. The third kappa shape index (κ3) is 2.80. The maximum Gasteiger partial charge on any atom is 0.123 e. The summed E-state index contributed by atoms with van der Waals surface area (Å²) >= 11 is 0. The van der Waals surface area contributed by atoms with Gasteiger partial charge in [-0.3, -0.25) is 0 Å². The summed E-state index contributed by atoms with van der Waals surface area (Å²) in [5, 5.41) is 10.2. The summed E-state index contributed by atoms with van der Waals surface area (Å²) in [5.74, 6) is -0.166. The maximum atomic E-state index is 13.1. The van der Waals surface area contributed by atoms with Gasteiger partial charge in [0.2, 0.25) is 0 Å². The third-order valence-corrected chi connectivity index (χ3v) is 2.80. The molecule has 1 aromatic carbocycles. The Balaban J connectivity index is 3.02.